The van der Waals surface area contributed by atoms with Crippen LogP contribution in [0.4, 0.5) is 11.4 Å². The van der Waals surface area contributed by atoms with E-state index in [1.807, 2.05) is 36.6 Å². The van der Waals surface area contributed by atoms with Gasteiger partial charge in [0, 0.05) is 43.2 Å². The van der Waals surface area contributed by atoms with Gasteiger partial charge in [0.2, 0.25) is 5.91 Å². The van der Waals surface area contributed by atoms with Crippen LogP contribution < -0.4 is 14.8 Å². The molecule has 2 amide bonds. The predicted molar refractivity (Wildman–Crippen MR) is 148 cm³/mol. The quantitative estimate of drug-likeness (QED) is 0.478. The molecule has 0 bridgehead atoms. The lowest BCUT2D eigenvalue weighted by Crippen LogP contribution is -2.35. The van der Waals surface area contributed by atoms with Gasteiger partial charge < -0.3 is 29.0 Å². The van der Waals surface area contributed by atoms with Gasteiger partial charge in [0.1, 0.15) is 5.41 Å². The molecule has 1 aromatic heterocycles. The number of amides is 2. The number of carbonyl (C=O) groups is 3. The maximum atomic E-state index is 13.2. The van der Waals surface area contributed by atoms with Crippen molar-refractivity contribution in [2.24, 2.45) is 17.5 Å². The number of anilines is 1. The van der Waals surface area contributed by atoms with Crippen molar-refractivity contribution in [1.82, 2.24) is 9.47 Å². The van der Waals surface area contributed by atoms with Gasteiger partial charge in [0.25, 0.3) is 5.91 Å². The lowest BCUT2D eigenvalue weighted by Gasteiger charge is -2.24. The third-order valence-electron chi connectivity index (χ3n) is 7.66. The lowest BCUT2D eigenvalue weighted by molar-refractivity contribution is -0.146. The topological polar surface area (TPSA) is 111 Å². The van der Waals surface area contributed by atoms with Gasteiger partial charge in [-0.3, -0.25) is 19.4 Å². The van der Waals surface area contributed by atoms with Crippen molar-refractivity contribution in [3.05, 3.63) is 35.7 Å². The van der Waals surface area contributed by atoms with Gasteiger partial charge in [-0.1, -0.05) is 13.8 Å². The highest BCUT2D eigenvalue weighted by Crippen LogP contribution is 2.38. The third-order valence-corrected chi connectivity index (χ3v) is 7.66. The molecular weight excluding hydrogens is 500 g/mol. The number of aliphatic imine (C=N–C) groups is 1. The number of aryl methyl sites for hydroxylation is 1. The molecule has 1 fully saturated rings. The fraction of sp³-hybridized carbons (Fsp3) is 0.517. The minimum Gasteiger partial charge on any atom is -0.493 e. The average molecular weight is 539 g/mol. The molecule has 10 nitrogen and oxygen atoms in total. The largest absolute Gasteiger partial charge is 0.493 e. The Kier molecular flexibility index (Phi) is 7.77. The zero-order valence-corrected chi connectivity index (χ0v) is 23.8. The van der Waals surface area contributed by atoms with Crippen LogP contribution in [0.25, 0.3) is 0 Å². The van der Waals surface area contributed by atoms with Crippen molar-refractivity contribution in [1.29, 1.82) is 0 Å². The molecule has 2 aliphatic heterocycles. The number of hydrogen-bond donors (Lipinski definition) is 1. The van der Waals surface area contributed by atoms with E-state index in [0.29, 0.717) is 34.9 Å². The Bertz CT molecular complexity index is 1310. The van der Waals surface area contributed by atoms with Crippen LogP contribution >= 0.6 is 0 Å². The zero-order valence-electron chi connectivity index (χ0n) is 23.8. The number of nitrogens with zero attached hydrogens (tertiary/aromatic N) is 3. The fourth-order valence-corrected chi connectivity index (χ4v) is 5.06. The van der Waals surface area contributed by atoms with Crippen LogP contribution in [0, 0.1) is 5.41 Å². The Morgan fingerprint density at radius 3 is 2.56 bits per heavy atom. The highest BCUT2D eigenvalue weighted by Gasteiger charge is 2.35. The van der Waals surface area contributed by atoms with Gasteiger partial charge >= 0.3 is 5.97 Å². The van der Waals surface area contributed by atoms with E-state index in [9.17, 15) is 14.4 Å². The van der Waals surface area contributed by atoms with E-state index in [0.717, 1.165) is 25.1 Å². The van der Waals surface area contributed by atoms with E-state index in [-0.39, 0.29) is 30.4 Å². The molecule has 1 unspecified atom stereocenters. The first kappa shape index (κ1) is 28.2. The number of methoxy groups -OCH3 is 2. The molecular formula is C29H38N4O6. The van der Waals surface area contributed by atoms with Gasteiger partial charge in [-0.05, 0) is 45.2 Å². The molecule has 0 aliphatic carbocycles. The summed E-state index contributed by atoms with van der Waals surface area (Å²) in [7, 11) is 4.71. The highest BCUT2D eigenvalue weighted by molar-refractivity contribution is 6.03. The summed E-state index contributed by atoms with van der Waals surface area (Å²) in [5.41, 5.74) is 0.745. The van der Waals surface area contributed by atoms with Crippen molar-refractivity contribution >= 4 is 35.4 Å². The highest BCUT2D eigenvalue weighted by atomic mass is 16.5. The van der Waals surface area contributed by atoms with Crippen molar-refractivity contribution in [3.8, 4) is 11.5 Å². The second-order valence-electron chi connectivity index (χ2n) is 11.3. The number of aromatic nitrogens is 1. The number of esters is 1. The Labute approximate surface area is 229 Å². The number of ether oxygens (including phenoxy) is 3. The number of benzene rings is 1. The Morgan fingerprint density at radius 1 is 1.13 bits per heavy atom. The van der Waals surface area contributed by atoms with Crippen LogP contribution in [0.1, 0.15) is 63.0 Å². The van der Waals surface area contributed by atoms with Crippen LogP contribution in [0.3, 0.4) is 0 Å². The monoisotopic (exact) mass is 538 g/mol. The summed E-state index contributed by atoms with van der Waals surface area (Å²) in [6.07, 6.45) is 5.91. The minimum absolute atomic E-state index is 0.0202. The standard InChI is InChI=1S/C29H38N4O6/c1-28(2,26(35)31-18-13-24(32(5)17-18)29(3,4)27(36)38-7)10-12-39-23-15-21-20(14-22(23)37-6)25(34)33-11-8-9-19(33)16-30-21/h13-17,19H,8-12H2,1-7H3,(H,31,35). The SMILES string of the molecule is COC(=O)C(C)(C)c1cc(NC(=O)C(C)(C)CCOc2cc3c(cc2OC)C(=O)N2CCCC2C=N3)cn1C. The van der Waals surface area contributed by atoms with E-state index < -0.39 is 10.8 Å². The Morgan fingerprint density at radius 2 is 1.87 bits per heavy atom. The molecule has 10 heteroatoms. The number of rotatable bonds is 9. The average Bonchev–Trinajstić information content (AvgIpc) is 3.49. The number of nitrogens with one attached hydrogen (secondary N) is 1. The molecule has 2 aliphatic rings. The summed E-state index contributed by atoms with van der Waals surface area (Å²) >= 11 is 0. The van der Waals surface area contributed by atoms with Crippen molar-refractivity contribution < 1.29 is 28.6 Å². The van der Waals surface area contributed by atoms with E-state index in [2.05, 4.69) is 10.3 Å². The second kappa shape index (κ2) is 10.7. The van der Waals surface area contributed by atoms with Crippen molar-refractivity contribution in [2.75, 3.05) is 32.7 Å². The summed E-state index contributed by atoms with van der Waals surface area (Å²) in [6, 6.07) is 5.22. The minimum atomic E-state index is -0.867. The molecule has 4 rings (SSSR count). The molecule has 1 saturated heterocycles. The van der Waals surface area contributed by atoms with Gasteiger partial charge in [0.05, 0.1) is 43.8 Å². The first-order chi connectivity index (χ1) is 18.4. The van der Waals surface area contributed by atoms with E-state index in [1.54, 1.807) is 38.2 Å². The molecule has 1 atom stereocenters. The zero-order chi connectivity index (χ0) is 28.5. The van der Waals surface area contributed by atoms with Crippen molar-refractivity contribution in [2.45, 2.75) is 58.4 Å². The normalized spacial score (nSPS) is 16.8. The molecule has 39 heavy (non-hydrogen) atoms. The molecule has 0 saturated carbocycles. The van der Waals surface area contributed by atoms with Crippen molar-refractivity contribution in [3.63, 3.8) is 0 Å². The maximum Gasteiger partial charge on any atom is 0.317 e. The predicted octanol–water partition coefficient (Wildman–Crippen LogP) is 4.24. The smallest absolute Gasteiger partial charge is 0.317 e. The van der Waals surface area contributed by atoms with Gasteiger partial charge in [-0.2, -0.15) is 0 Å². The van der Waals surface area contributed by atoms with E-state index in [1.165, 1.54) is 14.2 Å². The van der Waals surface area contributed by atoms with E-state index >= 15 is 0 Å². The van der Waals surface area contributed by atoms with Gasteiger partial charge in [-0.15, -0.1) is 0 Å². The van der Waals surface area contributed by atoms with Crippen LogP contribution in [-0.2, 0) is 26.8 Å². The molecule has 1 N–H and O–H groups in total. The maximum absolute atomic E-state index is 13.2. The number of fused-ring (bicyclic) bond motifs is 2. The fourth-order valence-electron chi connectivity index (χ4n) is 5.06. The van der Waals surface area contributed by atoms with Gasteiger partial charge in [0.15, 0.2) is 11.5 Å². The number of carbonyl (C=O) groups excluding carboxylic acids is 3. The van der Waals surface area contributed by atoms with Gasteiger partial charge in [-0.25, -0.2) is 0 Å². The Balaban J connectivity index is 1.42. The van der Waals surface area contributed by atoms with Crippen LogP contribution in [-0.4, -0.2) is 66.9 Å². The van der Waals surface area contributed by atoms with Crippen LogP contribution in [0.15, 0.2) is 29.4 Å². The first-order valence-corrected chi connectivity index (χ1v) is 13.2. The first-order valence-electron chi connectivity index (χ1n) is 13.2. The molecule has 2 aromatic rings. The van der Waals surface area contributed by atoms with Crippen LogP contribution in [0.2, 0.25) is 0 Å². The number of hydrogen-bond acceptors (Lipinski definition) is 7. The molecule has 3 heterocycles. The molecule has 1 aromatic carbocycles. The third kappa shape index (κ3) is 5.51. The summed E-state index contributed by atoms with van der Waals surface area (Å²) in [5.74, 6) is 0.331. The lowest BCUT2D eigenvalue weighted by atomic mass is 9.88. The Hall–Kier alpha value is -3.82. The van der Waals surface area contributed by atoms with E-state index in [4.69, 9.17) is 14.2 Å². The molecule has 0 radical (unpaired) electrons. The summed E-state index contributed by atoms with van der Waals surface area (Å²) in [5, 5.41) is 2.96. The summed E-state index contributed by atoms with van der Waals surface area (Å²) in [4.78, 5) is 44.9. The summed E-state index contributed by atoms with van der Waals surface area (Å²) in [6.45, 7) is 8.22. The summed E-state index contributed by atoms with van der Waals surface area (Å²) < 4.78 is 18.3. The van der Waals surface area contributed by atoms with Crippen LogP contribution in [0.5, 0.6) is 11.5 Å². The molecule has 0 spiro atoms. The molecule has 210 valence electrons. The second-order valence-corrected chi connectivity index (χ2v) is 11.3.